The molecule has 88 valence electrons. The molecule has 0 bridgehead atoms. The minimum atomic E-state index is -0.389. The summed E-state index contributed by atoms with van der Waals surface area (Å²) < 4.78 is 10.7. The Hall–Kier alpha value is -0.610. The smallest absolute Gasteiger partial charge is 0.309 e. The molecule has 0 aromatic heterocycles. The maximum Gasteiger partial charge on any atom is 0.309 e. The van der Waals surface area contributed by atoms with E-state index in [4.69, 9.17) is 15.2 Å². The fourth-order valence-corrected chi connectivity index (χ4v) is 1.51. The van der Waals surface area contributed by atoms with E-state index in [-0.39, 0.29) is 23.6 Å². The molecule has 2 N–H and O–H groups in total. The number of hydrogen-bond acceptors (Lipinski definition) is 4. The van der Waals surface area contributed by atoms with E-state index < -0.39 is 0 Å². The molecule has 0 spiro atoms. The highest BCUT2D eigenvalue weighted by atomic mass is 16.6. The molecule has 4 heteroatoms. The Morgan fingerprint density at radius 3 is 2.47 bits per heavy atom. The van der Waals surface area contributed by atoms with E-state index in [9.17, 15) is 4.79 Å². The summed E-state index contributed by atoms with van der Waals surface area (Å²) in [6.45, 7) is 6.75. The van der Waals surface area contributed by atoms with Gasteiger partial charge in [-0.15, -0.1) is 0 Å². The van der Waals surface area contributed by atoms with Crippen molar-refractivity contribution in [2.24, 2.45) is 11.7 Å². The summed E-state index contributed by atoms with van der Waals surface area (Å²) in [6, 6.07) is 0. The monoisotopic (exact) mass is 215 g/mol. The van der Waals surface area contributed by atoms with Crippen LogP contribution in [0.1, 0.15) is 33.6 Å². The summed E-state index contributed by atoms with van der Waals surface area (Å²) in [4.78, 5) is 11.6. The predicted molar refractivity (Wildman–Crippen MR) is 57.4 cm³/mol. The number of carbonyl (C=O) groups is 1. The van der Waals surface area contributed by atoms with Crippen LogP contribution in [-0.2, 0) is 14.3 Å². The van der Waals surface area contributed by atoms with Gasteiger partial charge < -0.3 is 15.2 Å². The Morgan fingerprint density at radius 2 is 2.00 bits per heavy atom. The number of esters is 1. The van der Waals surface area contributed by atoms with Gasteiger partial charge >= 0.3 is 5.97 Å². The summed E-state index contributed by atoms with van der Waals surface area (Å²) in [7, 11) is 0. The normalized spacial score (nSPS) is 25.9. The second-order valence-electron chi connectivity index (χ2n) is 4.98. The van der Waals surface area contributed by atoms with E-state index >= 15 is 0 Å². The summed E-state index contributed by atoms with van der Waals surface area (Å²) in [5.74, 6) is -0.0814. The number of hydrogen-bond donors (Lipinski definition) is 1. The van der Waals surface area contributed by atoms with E-state index in [0.717, 1.165) is 12.8 Å². The predicted octanol–water partition coefficient (Wildman–Crippen LogP) is 1.08. The lowest BCUT2D eigenvalue weighted by molar-refractivity contribution is -0.169. The van der Waals surface area contributed by atoms with E-state index in [1.54, 1.807) is 0 Å². The second-order valence-corrected chi connectivity index (χ2v) is 4.98. The largest absolute Gasteiger partial charge is 0.460 e. The van der Waals surface area contributed by atoms with Gasteiger partial charge in [0.2, 0.25) is 0 Å². The van der Waals surface area contributed by atoms with Crippen LogP contribution in [0.25, 0.3) is 0 Å². The lowest BCUT2D eigenvalue weighted by atomic mass is 9.82. The second kappa shape index (κ2) is 4.94. The molecule has 0 saturated heterocycles. The maximum atomic E-state index is 11.6. The highest BCUT2D eigenvalue weighted by Crippen LogP contribution is 2.32. The third-order valence-electron chi connectivity index (χ3n) is 2.31. The van der Waals surface area contributed by atoms with E-state index in [0.29, 0.717) is 13.2 Å². The Labute approximate surface area is 91.1 Å². The molecule has 1 aliphatic carbocycles. The van der Waals surface area contributed by atoms with Crippen molar-refractivity contribution in [3.8, 4) is 0 Å². The molecule has 0 radical (unpaired) electrons. The van der Waals surface area contributed by atoms with Crippen LogP contribution in [0.3, 0.4) is 0 Å². The van der Waals surface area contributed by atoms with Crippen LogP contribution >= 0.6 is 0 Å². The van der Waals surface area contributed by atoms with Crippen LogP contribution < -0.4 is 5.73 Å². The molecule has 0 atom stereocenters. The standard InChI is InChI=1S/C11H21NO3/c1-11(2,3)15-10(13)8-6-9(7-8)14-5-4-12/h8-9H,4-7,12H2,1-3H3. The van der Waals surface area contributed by atoms with Crippen molar-refractivity contribution >= 4 is 5.97 Å². The van der Waals surface area contributed by atoms with E-state index in [2.05, 4.69) is 0 Å². The first-order valence-corrected chi connectivity index (χ1v) is 5.47. The van der Waals surface area contributed by atoms with Crippen molar-refractivity contribution in [2.45, 2.75) is 45.3 Å². The number of rotatable bonds is 4. The zero-order valence-corrected chi connectivity index (χ0v) is 9.79. The highest BCUT2D eigenvalue weighted by Gasteiger charge is 2.37. The van der Waals surface area contributed by atoms with Crippen LogP contribution in [0.4, 0.5) is 0 Å². The molecule has 1 rings (SSSR count). The average Bonchev–Trinajstić information content (AvgIpc) is 1.98. The van der Waals surface area contributed by atoms with Gasteiger partial charge in [0.15, 0.2) is 0 Å². The molecule has 1 fully saturated rings. The lowest BCUT2D eigenvalue weighted by Gasteiger charge is -2.35. The number of ether oxygens (including phenoxy) is 2. The quantitative estimate of drug-likeness (QED) is 0.713. The molecule has 15 heavy (non-hydrogen) atoms. The summed E-state index contributed by atoms with van der Waals surface area (Å²) >= 11 is 0. The molecule has 0 heterocycles. The summed E-state index contributed by atoms with van der Waals surface area (Å²) in [5, 5.41) is 0. The first-order valence-electron chi connectivity index (χ1n) is 5.47. The van der Waals surface area contributed by atoms with Crippen molar-refractivity contribution in [3.63, 3.8) is 0 Å². The minimum Gasteiger partial charge on any atom is -0.460 e. The molecular weight excluding hydrogens is 194 g/mol. The lowest BCUT2D eigenvalue weighted by Crippen LogP contribution is -2.40. The highest BCUT2D eigenvalue weighted by molar-refractivity contribution is 5.74. The molecule has 0 amide bonds. The van der Waals surface area contributed by atoms with E-state index in [1.165, 1.54) is 0 Å². The molecular formula is C11H21NO3. The third kappa shape index (κ3) is 4.18. The third-order valence-corrected chi connectivity index (χ3v) is 2.31. The minimum absolute atomic E-state index is 0.0204. The maximum absolute atomic E-state index is 11.6. The van der Waals surface area contributed by atoms with Gasteiger partial charge in [-0.3, -0.25) is 4.79 Å². The Balaban J connectivity index is 2.18. The van der Waals surface area contributed by atoms with Crippen molar-refractivity contribution in [3.05, 3.63) is 0 Å². The molecule has 1 aliphatic rings. The first kappa shape index (κ1) is 12.5. The van der Waals surface area contributed by atoms with E-state index in [1.807, 2.05) is 20.8 Å². The fraction of sp³-hybridized carbons (Fsp3) is 0.909. The Morgan fingerprint density at radius 1 is 1.40 bits per heavy atom. The average molecular weight is 215 g/mol. The molecule has 0 aromatic rings. The summed E-state index contributed by atoms with van der Waals surface area (Å²) in [6.07, 6.45) is 1.75. The summed E-state index contributed by atoms with van der Waals surface area (Å²) in [5.41, 5.74) is 4.93. The van der Waals surface area contributed by atoms with Crippen molar-refractivity contribution in [1.82, 2.24) is 0 Å². The molecule has 0 unspecified atom stereocenters. The van der Waals surface area contributed by atoms with Crippen molar-refractivity contribution in [2.75, 3.05) is 13.2 Å². The zero-order chi connectivity index (χ0) is 11.5. The van der Waals surface area contributed by atoms with Gasteiger partial charge in [0.1, 0.15) is 5.60 Å². The van der Waals surface area contributed by atoms with Crippen molar-refractivity contribution in [1.29, 1.82) is 0 Å². The Kier molecular flexibility index (Phi) is 4.11. The molecule has 0 aromatic carbocycles. The fourth-order valence-electron chi connectivity index (χ4n) is 1.51. The van der Waals surface area contributed by atoms with Gasteiger partial charge in [-0.25, -0.2) is 0 Å². The van der Waals surface area contributed by atoms with Crippen LogP contribution in [0.2, 0.25) is 0 Å². The topological polar surface area (TPSA) is 61.5 Å². The van der Waals surface area contributed by atoms with Gasteiger partial charge in [0.25, 0.3) is 0 Å². The molecule has 1 saturated carbocycles. The van der Waals surface area contributed by atoms with Crippen LogP contribution in [0.5, 0.6) is 0 Å². The van der Waals surface area contributed by atoms with Crippen LogP contribution in [-0.4, -0.2) is 30.8 Å². The van der Waals surface area contributed by atoms with Gasteiger partial charge in [0, 0.05) is 6.54 Å². The molecule has 4 nitrogen and oxygen atoms in total. The van der Waals surface area contributed by atoms with Gasteiger partial charge in [-0.1, -0.05) is 0 Å². The Bertz CT molecular complexity index is 216. The molecule has 0 aliphatic heterocycles. The SMILES string of the molecule is CC(C)(C)OC(=O)C1CC(OCCN)C1. The number of carbonyl (C=O) groups excluding carboxylic acids is 1. The van der Waals surface area contributed by atoms with Crippen molar-refractivity contribution < 1.29 is 14.3 Å². The van der Waals surface area contributed by atoms with Crippen LogP contribution in [0.15, 0.2) is 0 Å². The number of nitrogens with two attached hydrogens (primary N) is 1. The van der Waals surface area contributed by atoms with Gasteiger partial charge in [-0.2, -0.15) is 0 Å². The van der Waals surface area contributed by atoms with Crippen LogP contribution in [0, 0.1) is 5.92 Å². The zero-order valence-electron chi connectivity index (χ0n) is 9.79. The van der Waals surface area contributed by atoms with Gasteiger partial charge in [0.05, 0.1) is 18.6 Å². The van der Waals surface area contributed by atoms with Gasteiger partial charge in [-0.05, 0) is 33.6 Å². The first-order chi connectivity index (χ1) is 6.92.